The number of carbonyl (C=O) groups excluding carboxylic acids is 2. The molecule has 0 aliphatic carbocycles. The van der Waals surface area contributed by atoms with Crippen molar-refractivity contribution in [2.45, 2.75) is 25.8 Å². The summed E-state index contributed by atoms with van der Waals surface area (Å²) in [6, 6.07) is 12.3. The molecule has 0 radical (unpaired) electrons. The molecule has 1 fully saturated rings. The number of nitrogens with zero attached hydrogens (tertiary/aromatic N) is 2. The molecule has 2 aromatic carbocycles. The van der Waals surface area contributed by atoms with Crippen molar-refractivity contribution in [1.29, 1.82) is 0 Å². The van der Waals surface area contributed by atoms with Crippen LogP contribution in [0.15, 0.2) is 48.5 Å². The lowest BCUT2D eigenvalue weighted by Gasteiger charge is -2.23. The zero-order valence-corrected chi connectivity index (χ0v) is 17.5. The van der Waals surface area contributed by atoms with E-state index in [2.05, 4.69) is 5.32 Å². The molecule has 0 saturated carbocycles. The van der Waals surface area contributed by atoms with Crippen molar-refractivity contribution in [3.63, 3.8) is 0 Å². The van der Waals surface area contributed by atoms with Crippen LogP contribution >= 0.6 is 23.8 Å². The Morgan fingerprint density at radius 1 is 1.17 bits per heavy atom. The minimum atomic E-state index is -0.657. The van der Waals surface area contributed by atoms with E-state index in [0.29, 0.717) is 35.3 Å². The molecule has 5 nitrogen and oxygen atoms in total. The largest absolute Gasteiger partial charge is 0.336 e. The van der Waals surface area contributed by atoms with Gasteiger partial charge in [0.2, 0.25) is 5.91 Å². The molecule has 0 bridgehead atoms. The lowest BCUT2D eigenvalue weighted by molar-refractivity contribution is -0.130. The Labute approximate surface area is 179 Å². The molecule has 1 heterocycles. The van der Waals surface area contributed by atoms with E-state index in [9.17, 15) is 14.0 Å². The number of carbonyl (C=O) groups is 2. The van der Waals surface area contributed by atoms with Crippen LogP contribution in [0, 0.1) is 5.82 Å². The second kappa shape index (κ2) is 9.33. The maximum absolute atomic E-state index is 13.1. The maximum Gasteiger partial charge on any atom is 0.252 e. The molecule has 0 aromatic heterocycles. The monoisotopic (exact) mass is 433 g/mol. The van der Waals surface area contributed by atoms with E-state index in [0.717, 1.165) is 5.56 Å². The number of hydrogen-bond donors (Lipinski definition) is 1. The fraction of sp³-hybridized carbons (Fsp3) is 0.286. The van der Waals surface area contributed by atoms with E-state index in [1.54, 1.807) is 41.3 Å². The lowest BCUT2D eigenvalue weighted by Crippen LogP contribution is -2.39. The molecule has 1 aliphatic heterocycles. The summed E-state index contributed by atoms with van der Waals surface area (Å²) >= 11 is 11.3. The van der Waals surface area contributed by atoms with Gasteiger partial charge in [-0.15, -0.1) is 0 Å². The molecule has 2 amide bonds. The third kappa shape index (κ3) is 5.10. The quantitative estimate of drug-likeness (QED) is 0.673. The van der Waals surface area contributed by atoms with E-state index in [1.807, 2.05) is 6.92 Å². The van der Waals surface area contributed by atoms with Crippen molar-refractivity contribution < 1.29 is 14.0 Å². The van der Waals surface area contributed by atoms with Gasteiger partial charge in [-0.25, -0.2) is 4.39 Å². The van der Waals surface area contributed by atoms with Gasteiger partial charge < -0.3 is 10.2 Å². The predicted octanol–water partition coefficient (Wildman–Crippen LogP) is 3.87. The third-order valence-electron chi connectivity index (χ3n) is 4.78. The molecular formula is C21H21ClFN3O2S. The summed E-state index contributed by atoms with van der Waals surface area (Å²) in [5, 5.41) is 3.78. The van der Waals surface area contributed by atoms with Gasteiger partial charge in [0.15, 0.2) is 5.11 Å². The van der Waals surface area contributed by atoms with Crippen molar-refractivity contribution in [3.05, 3.63) is 64.9 Å². The predicted molar refractivity (Wildman–Crippen MR) is 115 cm³/mol. The zero-order valence-electron chi connectivity index (χ0n) is 15.9. The fourth-order valence-corrected chi connectivity index (χ4v) is 3.82. The van der Waals surface area contributed by atoms with Crippen molar-refractivity contribution in [1.82, 2.24) is 9.80 Å². The highest BCUT2D eigenvalue weighted by molar-refractivity contribution is 7.80. The summed E-state index contributed by atoms with van der Waals surface area (Å²) in [7, 11) is 0. The van der Waals surface area contributed by atoms with Crippen LogP contribution in [-0.4, -0.2) is 45.9 Å². The smallest absolute Gasteiger partial charge is 0.252 e. The highest BCUT2D eigenvalue weighted by Gasteiger charge is 2.42. The van der Waals surface area contributed by atoms with E-state index < -0.39 is 6.04 Å². The highest BCUT2D eigenvalue weighted by atomic mass is 35.5. The van der Waals surface area contributed by atoms with Crippen molar-refractivity contribution in [3.8, 4) is 0 Å². The maximum atomic E-state index is 13.1. The summed E-state index contributed by atoms with van der Waals surface area (Å²) < 4.78 is 13.1. The standard InChI is InChI=1S/C21H21ClFN3O2S/c1-2-25-20(28)18(13-19(27)24-17-9-5-15(22)6-10-17)26(21(25)29)12-11-14-3-7-16(23)8-4-14/h3-10,18H,2,11-13H2,1H3,(H,24,27). The number of likely N-dealkylation sites (N-methyl/N-ethyl adjacent to an activating group) is 1. The van der Waals surface area contributed by atoms with Crippen LogP contribution in [0.3, 0.4) is 0 Å². The molecule has 3 rings (SSSR count). The second-order valence-corrected chi connectivity index (χ2v) is 7.51. The summed E-state index contributed by atoms with van der Waals surface area (Å²) in [6.07, 6.45) is 0.572. The minimum Gasteiger partial charge on any atom is -0.336 e. The average molecular weight is 434 g/mol. The number of benzene rings is 2. The number of nitrogens with one attached hydrogen (secondary N) is 1. The first-order valence-corrected chi connectivity index (χ1v) is 10.1. The van der Waals surface area contributed by atoms with Gasteiger partial charge >= 0.3 is 0 Å². The molecule has 8 heteroatoms. The van der Waals surface area contributed by atoms with E-state index in [-0.39, 0.29) is 24.1 Å². The van der Waals surface area contributed by atoms with Gasteiger partial charge in [0.05, 0.1) is 6.42 Å². The van der Waals surface area contributed by atoms with Gasteiger partial charge in [0.1, 0.15) is 11.9 Å². The third-order valence-corrected chi connectivity index (χ3v) is 5.49. The first-order chi connectivity index (χ1) is 13.9. The Hall–Kier alpha value is -2.51. The fourth-order valence-electron chi connectivity index (χ4n) is 3.26. The lowest BCUT2D eigenvalue weighted by atomic mass is 10.1. The molecule has 152 valence electrons. The Morgan fingerprint density at radius 2 is 1.83 bits per heavy atom. The summed E-state index contributed by atoms with van der Waals surface area (Å²) in [4.78, 5) is 28.6. The molecule has 2 aromatic rings. The Balaban J connectivity index is 1.69. The highest BCUT2D eigenvalue weighted by Crippen LogP contribution is 2.22. The zero-order chi connectivity index (χ0) is 21.0. The average Bonchev–Trinajstić information content (AvgIpc) is 2.92. The van der Waals surface area contributed by atoms with Crippen LogP contribution in [0.4, 0.5) is 10.1 Å². The van der Waals surface area contributed by atoms with Gasteiger partial charge in [-0.1, -0.05) is 23.7 Å². The van der Waals surface area contributed by atoms with Crippen molar-refractivity contribution in [2.75, 3.05) is 18.4 Å². The van der Waals surface area contributed by atoms with Crippen LogP contribution in [0.5, 0.6) is 0 Å². The van der Waals surface area contributed by atoms with Crippen LogP contribution in [0.1, 0.15) is 18.9 Å². The molecule has 1 N–H and O–H groups in total. The molecule has 1 unspecified atom stereocenters. The number of amides is 2. The normalized spacial score (nSPS) is 16.4. The van der Waals surface area contributed by atoms with Gasteiger partial charge in [0.25, 0.3) is 5.91 Å². The molecule has 29 heavy (non-hydrogen) atoms. The molecule has 1 atom stereocenters. The number of hydrogen-bond acceptors (Lipinski definition) is 3. The molecule has 0 spiro atoms. The van der Waals surface area contributed by atoms with Crippen molar-refractivity contribution in [2.24, 2.45) is 0 Å². The topological polar surface area (TPSA) is 52.7 Å². The van der Waals surface area contributed by atoms with Gasteiger partial charge in [-0.05, 0) is 67.5 Å². The Bertz CT molecular complexity index is 905. The van der Waals surface area contributed by atoms with E-state index >= 15 is 0 Å². The second-order valence-electron chi connectivity index (χ2n) is 6.71. The van der Waals surface area contributed by atoms with Gasteiger partial charge in [-0.2, -0.15) is 0 Å². The SMILES string of the molecule is CCN1C(=O)C(CC(=O)Nc2ccc(Cl)cc2)N(CCc2ccc(F)cc2)C1=S. The number of halogens is 2. The Morgan fingerprint density at radius 3 is 2.45 bits per heavy atom. The first kappa shape index (κ1) is 21.2. The minimum absolute atomic E-state index is 0.0124. The van der Waals surface area contributed by atoms with Crippen LogP contribution in [0.25, 0.3) is 0 Å². The summed E-state index contributed by atoms with van der Waals surface area (Å²) in [6.45, 7) is 2.75. The van der Waals surface area contributed by atoms with Gasteiger partial charge in [0, 0.05) is 23.8 Å². The number of anilines is 1. The molecule has 1 saturated heterocycles. The number of thiocarbonyl (C=S) groups is 1. The van der Waals surface area contributed by atoms with Crippen molar-refractivity contribution >= 4 is 46.4 Å². The molecule has 1 aliphatic rings. The first-order valence-electron chi connectivity index (χ1n) is 9.31. The number of rotatable bonds is 7. The van der Waals surface area contributed by atoms with Crippen LogP contribution in [0.2, 0.25) is 5.02 Å². The van der Waals surface area contributed by atoms with Crippen LogP contribution < -0.4 is 5.32 Å². The van der Waals surface area contributed by atoms with Crippen LogP contribution in [-0.2, 0) is 16.0 Å². The Kier molecular flexibility index (Phi) is 6.82. The summed E-state index contributed by atoms with van der Waals surface area (Å²) in [5.74, 6) is -0.754. The summed E-state index contributed by atoms with van der Waals surface area (Å²) in [5.41, 5.74) is 1.54. The molecular weight excluding hydrogens is 413 g/mol. The van der Waals surface area contributed by atoms with Gasteiger partial charge in [-0.3, -0.25) is 14.5 Å². The van der Waals surface area contributed by atoms with E-state index in [1.165, 1.54) is 17.0 Å². The van der Waals surface area contributed by atoms with E-state index in [4.69, 9.17) is 23.8 Å².